The molecule has 4 bridgehead atoms. The molecule has 0 saturated heterocycles. The summed E-state index contributed by atoms with van der Waals surface area (Å²) in [6, 6.07) is 7.20. The Labute approximate surface area is 178 Å². The molecule has 11 heteroatoms. The molecule has 32 heavy (non-hydrogen) atoms. The summed E-state index contributed by atoms with van der Waals surface area (Å²) in [5.74, 6) is -3.10. The lowest BCUT2D eigenvalue weighted by Gasteiger charge is -2.18. The molecule has 3 aromatic rings. The minimum atomic E-state index is -4.76. The van der Waals surface area contributed by atoms with Crippen LogP contribution < -0.4 is 5.73 Å². The summed E-state index contributed by atoms with van der Waals surface area (Å²) in [6.07, 6.45) is -8.03. The average molecular weight is 456 g/mol. The van der Waals surface area contributed by atoms with Crippen molar-refractivity contribution < 1.29 is 30.8 Å². The standard InChI is InChI=1S/C21H18F6N4O/c22-20(23,24)13-9-3-1-2-6-11-7-4-5-8-12(11)16-14(21(25,26)27)10-15(28)17(29-16)19-31-30-18(13)32-19/h4-5,7-8,10,13H,1-3,6,9,28H2. The zero-order valence-corrected chi connectivity index (χ0v) is 16.6. The first-order valence-electron chi connectivity index (χ1n) is 9.92. The van der Waals surface area contributed by atoms with Gasteiger partial charge in [-0.15, -0.1) is 10.2 Å². The first kappa shape index (κ1) is 22.1. The molecule has 4 rings (SSSR count). The van der Waals surface area contributed by atoms with Gasteiger partial charge in [0.2, 0.25) is 5.89 Å². The zero-order chi connectivity index (χ0) is 23.1. The molecule has 1 aliphatic rings. The normalized spacial score (nSPS) is 17.5. The number of aromatic nitrogens is 3. The summed E-state index contributed by atoms with van der Waals surface area (Å²) in [5.41, 5.74) is 4.52. The smallest absolute Gasteiger partial charge is 0.418 e. The molecule has 1 aromatic carbocycles. The van der Waals surface area contributed by atoms with Gasteiger partial charge in [0.1, 0.15) is 5.92 Å². The highest BCUT2D eigenvalue weighted by atomic mass is 19.4. The lowest BCUT2D eigenvalue weighted by Crippen LogP contribution is -2.21. The van der Waals surface area contributed by atoms with Crippen LogP contribution in [0.25, 0.3) is 22.8 Å². The van der Waals surface area contributed by atoms with E-state index >= 15 is 0 Å². The van der Waals surface area contributed by atoms with E-state index in [9.17, 15) is 26.3 Å². The summed E-state index contributed by atoms with van der Waals surface area (Å²) in [4.78, 5) is 4.08. The number of alkyl halides is 6. The summed E-state index contributed by atoms with van der Waals surface area (Å²) >= 11 is 0. The lowest BCUT2D eigenvalue weighted by atomic mass is 9.94. The molecule has 0 fully saturated rings. The van der Waals surface area contributed by atoms with E-state index in [0.29, 0.717) is 30.9 Å². The Hall–Kier alpha value is -3.11. The molecule has 1 aliphatic heterocycles. The van der Waals surface area contributed by atoms with Crippen LogP contribution in [0.15, 0.2) is 34.7 Å². The van der Waals surface area contributed by atoms with Gasteiger partial charge in [0, 0.05) is 5.56 Å². The van der Waals surface area contributed by atoms with Crippen LogP contribution in [0.5, 0.6) is 0 Å². The number of anilines is 1. The molecular weight excluding hydrogens is 438 g/mol. The van der Waals surface area contributed by atoms with Crippen LogP contribution in [0.1, 0.15) is 48.6 Å². The molecule has 0 saturated carbocycles. The van der Waals surface area contributed by atoms with Gasteiger partial charge < -0.3 is 10.2 Å². The second-order valence-corrected chi connectivity index (χ2v) is 7.62. The van der Waals surface area contributed by atoms with Crippen molar-refractivity contribution in [1.82, 2.24) is 15.2 Å². The van der Waals surface area contributed by atoms with E-state index in [1.165, 1.54) is 6.07 Å². The van der Waals surface area contributed by atoms with Crippen molar-refractivity contribution in [2.24, 2.45) is 0 Å². The fourth-order valence-electron chi connectivity index (χ4n) is 3.83. The summed E-state index contributed by atoms with van der Waals surface area (Å²) in [6.45, 7) is 0. The molecule has 1 atom stereocenters. The second kappa shape index (κ2) is 8.10. The molecular formula is C21H18F6N4O. The predicted molar refractivity (Wildman–Crippen MR) is 103 cm³/mol. The molecule has 5 nitrogen and oxygen atoms in total. The average Bonchev–Trinajstić information content (AvgIpc) is 3.18. The SMILES string of the molecule is Nc1cc(C(F)(F)F)c2nc1-c1nnc(o1)C(C(F)(F)F)CCCCCc1ccccc1-2. The van der Waals surface area contributed by atoms with Gasteiger partial charge in [0.25, 0.3) is 5.89 Å². The Morgan fingerprint density at radius 2 is 1.69 bits per heavy atom. The van der Waals surface area contributed by atoms with Crippen LogP contribution in [0.4, 0.5) is 32.0 Å². The van der Waals surface area contributed by atoms with Crippen molar-refractivity contribution in [3.8, 4) is 22.8 Å². The Kier molecular flexibility index (Phi) is 5.59. The number of nitrogens with two attached hydrogens (primary N) is 1. The fraction of sp³-hybridized carbons (Fsp3) is 0.381. The van der Waals surface area contributed by atoms with Crippen LogP contribution in [0.3, 0.4) is 0 Å². The van der Waals surface area contributed by atoms with Gasteiger partial charge >= 0.3 is 12.4 Å². The summed E-state index contributed by atoms with van der Waals surface area (Å²) < 4.78 is 87.4. The van der Waals surface area contributed by atoms with E-state index < -0.39 is 41.3 Å². The number of fused-ring (bicyclic) bond motifs is 7. The number of hydrogen-bond acceptors (Lipinski definition) is 5. The third-order valence-corrected chi connectivity index (χ3v) is 5.41. The van der Waals surface area contributed by atoms with Crippen molar-refractivity contribution >= 4 is 5.69 Å². The quantitative estimate of drug-likeness (QED) is 0.410. The van der Waals surface area contributed by atoms with E-state index in [1.807, 2.05) is 0 Å². The fourth-order valence-corrected chi connectivity index (χ4v) is 3.83. The number of nitrogen functional groups attached to an aromatic ring is 1. The maximum Gasteiger partial charge on any atom is 0.418 e. The molecule has 3 heterocycles. The van der Waals surface area contributed by atoms with E-state index in [1.54, 1.807) is 18.2 Å². The van der Waals surface area contributed by atoms with Crippen LogP contribution in [-0.2, 0) is 12.6 Å². The summed E-state index contributed by atoms with van der Waals surface area (Å²) in [7, 11) is 0. The maximum atomic E-state index is 13.8. The van der Waals surface area contributed by atoms with Crippen molar-refractivity contribution in [2.45, 2.75) is 50.4 Å². The molecule has 0 aliphatic carbocycles. The van der Waals surface area contributed by atoms with Gasteiger partial charge in [0.05, 0.1) is 16.9 Å². The maximum absolute atomic E-state index is 13.8. The molecule has 0 amide bonds. The molecule has 0 radical (unpaired) electrons. The Morgan fingerprint density at radius 3 is 2.41 bits per heavy atom. The van der Waals surface area contributed by atoms with Crippen molar-refractivity contribution in [3.63, 3.8) is 0 Å². The molecule has 0 spiro atoms. The van der Waals surface area contributed by atoms with Crippen molar-refractivity contribution in [1.29, 1.82) is 0 Å². The first-order valence-corrected chi connectivity index (χ1v) is 9.92. The molecule has 2 N–H and O–H groups in total. The van der Waals surface area contributed by atoms with E-state index in [0.717, 1.165) is 0 Å². The number of aryl methyl sites for hydroxylation is 1. The van der Waals surface area contributed by atoms with E-state index in [2.05, 4.69) is 15.2 Å². The first-order chi connectivity index (χ1) is 15.1. The van der Waals surface area contributed by atoms with Gasteiger partial charge in [-0.3, -0.25) is 0 Å². The zero-order valence-electron chi connectivity index (χ0n) is 16.6. The van der Waals surface area contributed by atoms with E-state index in [4.69, 9.17) is 10.2 Å². The highest BCUT2D eigenvalue weighted by Crippen LogP contribution is 2.43. The third-order valence-electron chi connectivity index (χ3n) is 5.41. The molecule has 1 unspecified atom stereocenters. The van der Waals surface area contributed by atoms with Crippen LogP contribution in [0, 0.1) is 0 Å². The minimum absolute atomic E-state index is 0.240. The number of rotatable bonds is 0. The van der Waals surface area contributed by atoms with Crippen LogP contribution in [-0.4, -0.2) is 21.4 Å². The van der Waals surface area contributed by atoms with Gasteiger partial charge in [-0.25, -0.2) is 4.98 Å². The predicted octanol–water partition coefficient (Wildman–Crippen LogP) is 6.16. The second-order valence-electron chi connectivity index (χ2n) is 7.62. The van der Waals surface area contributed by atoms with Gasteiger partial charge in [-0.2, -0.15) is 26.3 Å². The van der Waals surface area contributed by atoms with Gasteiger partial charge in [0.15, 0.2) is 5.69 Å². The monoisotopic (exact) mass is 456 g/mol. The van der Waals surface area contributed by atoms with Crippen molar-refractivity contribution in [3.05, 3.63) is 47.3 Å². The topological polar surface area (TPSA) is 77.8 Å². The van der Waals surface area contributed by atoms with Gasteiger partial charge in [-0.05, 0) is 30.9 Å². The number of hydrogen-bond donors (Lipinski definition) is 1. The van der Waals surface area contributed by atoms with Crippen LogP contribution >= 0.6 is 0 Å². The number of halogens is 6. The largest absolute Gasteiger partial charge is 0.419 e. The Balaban J connectivity index is 1.95. The molecule has 2 aromatic heterocycles. The number of benzene rings is 1. The lowest BCUT2D eigenvalue weighted by molar-refractivity contribution is -0.156. The Bertz CT molecular complexity index is 1120. The highest BCUT2D eigenvalue weighted by Gasteiger charge is 2.44. The molecule has 170 valence electrons. The van der Waals surface area contributed by atoms with E-state index in [-0.39, 0.29) is 29.8 Å². The number of pyridine rings is 1. The summed E-state index contributed by atoms with van der Waals surface area (Å²) in [5, 5.41) is 7.13. The minimum Gasteiger partial charge on any atom is -0.419 e. The highest BCUT2D eigenvalue weighted by molar-refractivity contribution is 5.76. The van der Waals surface area contributed by atoms with Crippen LogP contribution in [0.2, 0.25) is 0 Å². The third kappa shape index (κ3) is 4.28. The number of nitrogens with zero attached hydrogens (tertiary/aromatic N) is 3. The van der Waals surface area contributed by atoms with Crippen molar-refractivity contribution in [2.75, 3.05) is 5.73 Å². The van der Waals surface area contributed by atoms with Gasteiger partial charge in [-0.1, -0.05) is 37.1 Å². The Morgan fingerprint density at radius 1 is 0.938 bits per heavy atom.